The third kappa shape index (κ3) is 5.81. The fourth-order valence-corrected chi connectivity index (χ4v) is 1.52. The lowest BCUT2D eigenvalue weighted by Crippen LogP contribution is -2.25. The van der Waals surface area contributed by atoms with Crippen LogP contribution < -0.4 is 5.32 Å². The van der Waals surface area contributed by atoms with Crippen molar-refractivity contribution in [2.45, 2.75) is 32.2 Å². The van der Waals surface area contributed by atoms with Gasteiger partial charge in [-0.15, -0.1) is 0 Å². The Morgan fingerprint density at radius 1 is 1.65 bits per heavy atom. The Morgan fingerprint density at radius 3 is 3.00 bits per heavy atom. The van der Waals surface area contributed by atoms with Crippen molar-refractivity contribution >= 4 is 5.91 Å². The first-order valence-corrected chi connectivity index (χ1v) is 5.83. The van der Waals surface area contributed by atoms with Gasteiger partial charge < -0.3 is 19.5 Å². The van der Waals surface area contributed by atoms with E-state index in [9.17, 15) is 4.79 Å². The first kappa shape index (κ1) is 14.2. The Balaban J connectivity index is 1.95. The fraction of sp³-hybridized carbons (Fsp3) is 0.750. The molecule has 0 aliphatic carbocycles. The van der Waals surface area contributed by atoms with Gasteiger partial charge in [-0.3, -0.25) is 4.79 Å². The molecule has 0 aromatic heterocycles. The van der Waals surface area contributed by atoms with E-state index in [1.165, 1.54) is 6.08 Å². The molecule has 17 heavy (non-hydrogen) atoms. The molecule has 1 amide bonds. The first-order valence-electron chi connectivity index (χ1n) is 5.83. The molecule has 1 N–H and O–H groups in total. The Hall–Kier alpha value is -0.910. The van der Waals surface area contributed by atoms with E-state index in [-0.39, 0.29) is 12.0 Å². The van der Waals surface area contributed by atoms with Crippen LogP contribution in [0.5, 0.6) is 0 Å². The number of hydrogen-bond acceptors (Lipinski definition) is 4. The number of hydrogen-bond donors (Lipinski definition) is 1. The molecule has 0 spiro atoms. The van der Waals surface area contributed by atoms with Crippen LogP contribution in [-0.2, 0) is 19.0 Å². The molecule has 1 saturated heterocycles. The van der Waals surface area contributed by atoms with Crippen molar-refractivity contribution in [3.63, 3.8) is 0 Å². The average molecular weight is 243 g/mol. The van der Waals surface area contributed by atoms with E-state index in [2.05, 4.69) is 11.9 Å². The van der Waals surface area contributed by atoms with Crippen molar-refractivity contribution in [1.29, 1.82) is 0 Å². The lowest BCUT2D eigenvalue weighted by Gasteiger charge is -2.17. The van der Waals surface area contributed by atoms with Gasteiger partial charge in [-0.1, -0.05) is 6.58 Å². The minimum Gasteiger partial charge on any atom is -0.379 e. The summed E-state index contributed by atoms with van der Waals surface area (Å²) in [5, 5.41) is 2.68. The summed E-state index contributed by atoms with van der Waals surface area (Å²) in [7, 11) is 0. The van der Waals surface area contributed by atoms with E-state index in [1.54, 1.807) is 0 Å². The predicted octanol–water partition coefficient (Wildman–Crippen LogP) is 0.847. The van der Waals surface area contributed by atoms with E-state index in [0.29, 0.717) is 26.4 Å². The molecular weight excluding hydrogens is 222 g/mol. The van der Waals surface area contributed by atoms with E-state index in [0.717, 1.165) is 6.42 Å². The molecule has 1 aliphatic rings. The van der Waals surface area contributed by atoms with Crippen LogP contribution in [0.25, 0.3) is 0 Å². The number of rotatable bonds is 7. The van der Waals surface area contributed by atoms with Gasteiger partial charge in [0.15, 0.2) is 5.79 Å². The number of ether oxygens (including phenoxy) is 3. The van der Waals surface area contributed by atoms with Gasteiger partial charge in [0.2, 0.25) is 5.91 Å². The molecule has 5 heteroatoms. The molecule has 0 bridgehead atoms. The van der Waals surface area contributed by atoms with E-state index < -0.39 is 5.79 Å². The van der Waals surface area contributed by atoms with Gasteiger partial charge in [0, 0.05) is 13.2 Å². The molecule has 1 fully saturated rings. The van der Waals surface area contributed by atoms with Crippen LogP contribution in [0, 0.1) is 0 Å². The molecule has 98 valence electrons. The van der Waals surface area contributed by atoms with Crippen LogP contribution in [0.15, 0.2) is 12.7 Å². The second-order valence-corrected chi connectivity index (χ2v) is 4.37. The van der Waals surface area contributed by atoms with Crippen molar-refractivity contribution in [1.82, 2.24) is 5.32 Å². The third-order valence-corrected chi connectivity index (χ3v) is 2.32. The van der Waals surface area contributed by atoms with Gasteiger partial charge in [-0.25, -0.2) is 0 Å². The summed E-state index contributed by atoms with van der Waals surface area (Å²) in [5.41, 5.74) is 0. The second-order valence-electron chi connectivity index (χ2n) is 4.37. The zero-order valence-electron chi connectivity index (χ0n) is 10.5. The minimum absolute atomic E-state index is 0.00719. The Labute approximate surface area is 102 Å². The van der Waals surface area contributed by atoms with Crippen molar-refractivity contribution in [2.24, 2.45) is 0 Å². The first-order chi connectivity index (χ1) is 8.03. The summed E-state index contributed by atoms with van der Waals surface area (Å²) in [5.74, 6) is -0.648. The van der Waals surface area contributed by atoms with Gasteiger partial charge in [0.1, 0.15) is 6.10 Å². The predicted molar refractivity (Wildman–Crippen MR) is 63.5 cm³/mol. The second kappa shape index (κ2) is 6.74. The summed E-state index contributed by atoms with van der Waals surface area (Å²) in [6.45, 7) is 9.43. The topological polar surface area (TPSA) is 56.8 Å². The van der Waals surface area contributed by atoms with Crippen LogP contribution in [0.3, 0.4) is 0 Å². The number of carbonyl (C=O) groups excluding carboxylic acids is 1. The normalized spacial score (nSPS) is 22.4. The molecule has 0 aromatic carbocycles. The maximum atomic E-state index is 10.8. The molecule has 5 nitrogen and oxygen atoms in total. The molecule has 1 unspecified atom stereocenters. The van der Waals surface area contributed by atoms with Crippen molar-refractivity contribution in [3.05, 3.63) is 12.7 Å². The van der Waals surface area contributed by atoms with Crippen molar-refractivity contribution < 1.29 is 19.0 Å². The van der Waals surface area contributed by atoms with Gasteiger partial charge in [0.25, 0.3) is 0 Å². The summed E-state index contributed by atoms with van der Waals surface area (Å²) in [4.78, 5) is 10.8. The van der Waals surface area contributed by atoms with Crippen molar-refractivity contribution in [3.8, 4) is 0 Å². The number of carbonyl (C=O) groups is 1. The molecule has 1 heterocycles. The van der Waals surface area contributed by atoms with Gasteiger partial charge >= 0.3 is 0 Å². The zero-order chi connectivity index (χ0) is 12.7. The van der Waals surface area contributed by atoms with Gasteiger partial charge in [-0.05, 0) is 26.3 Å². The summed E-state index contributed by atoms with van der Waals surface area (Å²) < 4.78 is 16.4. The van der Waals surface area contributed by atoms with Crippen LogP contribution in [0.4, 0.5) is 0 Å². The Morgan fingerprint density at radius 2 is 2.41 bits per heavy atom. The minimum atomic E-state index is -0.494. The van der Waals surface area contributed by atoms with Gasteiger partial charge in [-0.2, -0.15) is 0 Å². The maximum absolute atomic E-state index is 10.8. The number of nitrogens with one attached hydrogen (secondary N) is 1. The highest BCUT2D eigenvalue weighted by atomic mass is 16.7. The summed E-state index contributed by atoms with van der Waals surface area (Å²) in [6.07, 6.45) is 2.04. The van der Waals surface area contributed by atoms with Gasteiger partial charge in [0.05, 0.1) is 13.2 Å². The highest BCUT2D eigenvalue weighted by Gasteiger charge is 2.32. The highest BCUT2D eigenvalue weighted by molar-refractivity contribution is 5.86. The highest BCUT2D eigenvalue weighted by Crippen LogP contribution is 2.22. The smallest absolute Gasteiger partial charge is 0.243 e. The average Bonchev–Trinajstić information content (AvgIpc) is 2.63. The standard InChI is InChI=1S/C12H21NO4/c1-4-11(14)13-6-5-7-15-8-10-9-16-12(2,3)17-10/h4,10H,1,5-9H2,2-3H3,(H,13,14). The molecular formula is C12H21NO4. The Kier molecular flexibility index (Phi) is 5.61. The van der Waals surface area contributed by atoms with Crippen LogP contribution in [-0.4, -0.2) is 44.2 Å². The molecule has 0 aromatic rings. The quantitative estimate of drug-likeness (QED) is 0.532. The van der Waals surface area contributed by atoms with E-state index >= 15 is 0 Å². The van der Waals surface area contributed by atoms with Crippen LogP contribution in [0.2, 0.25) is 0 Å². The van der Waals surface area contributed by atoms with Crippen LogP contribution >= 0.6 is 0 Å². The maximum Gasteiger partial charge on any atom is 0.243 e. The number of amides is 1. The SMILES string of the molecule is C=CC(=O)NCCCOCC1COC(C)(C)O1. The molecule has 1 atom stereocenters. The molecule has 1 aliphatic heterocycles. The largest absolute Gasteiger partial charge is 0.379 e. The molecule has 1 rings (SSSR count). The summed E-state index contributed by atoms with van der Waals surface area (Å²) >= 11 is 0. The van der Waals surface area contributed by atoms with E-state index in [4.69, 9.17) is 14.2 Å². The molecule has 0 radical (unpaired) electrons. The van der Waals surface area contributed by atoms with Crippen molar-refractivity contribution in [2.75, 3.05) is 26.4 Å². The Bertz CT molecular complexity index is 265. The molecule has 0 saturated carbocycles. The lowest BCUT2D eigenvalue weighted by atomic mass is 10.4. The zero-order valence-corrected chi connectivity index (χ0v) is 10.5. The monoisotopic (exact) mass is 243 g/mol. The van der Waals surface area contributed by atoms with E-state index in [1.807, 2.05) is 13.8 Å². The third-order valence-electron chi connectivity index (χ3n) is 2.32. The summed E-state index contributed by atoms with van der Waals surface area (Å²) in [6, 6.07) is 0. The fourth-order valence-electron chi connectivity index (χ4n) is 1.52. The lowest BCUT2D eigenvalue weighted by molar-refractivity contribution is -0.145. The van der Waals surface area contributed by atoms with Crippen LogP contribution in [0.1, 0.15) is 20.3 Å².